The Morgan fingerprint density at radius 1 is 1.10 bits per heavy atom. The molecule has 11 heteroatoms. The van der Waals surface area contributed by atoms with Crippen molar-refractivity contribution < 1.29 is 4.79 Å². The Kier molecular flexibility index (Phi) is 9.64. The number of fused-ring (bicyclic) bond motifs is 1. The first-order valence-corrected chi connectivity index (χ1v) is 22.0. The molecule has 2 fully saturated rings. The van der Waals surface area contributed by atoms with E-state index in [1.54, 1.807) is 0 Å². The van der Waals surface area contributed by atoms with Crippen LogP contribution >= 0.6 is 20.0 Å². The predicted molar refractivity (Wildman–Crippen MR) is 179 cm³/mol. The van der Waals surface area contributed by atoms with E-state index in [2.05, 4.69) is 103 Å². The summed E-state index contributed by atoms with van der Waals surface area (Å²) in [6, 6.07) is 21.2. The van der Waals surface area contributed by atoms with Crippen molar-refractivity contribution in [1.82, 2.24) is 19.5 Å². The molecular weight excluding hydrogens is 625 g/mol. The molecule has 1 unspecified atom stereocenters. The van der Waals surface area contributed by atoms with Gasteiger partial charge in [0.1, 0.15) is 5.82 Å². The molecule has 1 atom stereocenters. The summed E-state index contributed by atoms with van der Waals surface area (Å²) in [4.78, 5) is 20.1. The number of benzene rings is 2. The standard InChI is InChI=1S/C31H38AsN7OS2/c1-22(2)27-19-34-39-29(17-28(37-31(27)39)33-18-23-7-4-3-5-8-23)35-26-9-6-14-38(20-26)21-30(40)36-25-12-10-24(11-13-25)32-41-15-16-42-32/h3-5,7-8,10-13,17,19,22,26,35H,6,9,14-16,18,20-21H2,1-2H3,(H,33,37)(H,36,40). The molecule has 1 amide bonds. The second-order valence-corrected chi connectivity index (χ2v) is 22.8. The summed E-state index contributed by atoms with van der Waals surface area (Å²) in [5.41, 5.74) is 4.08. The van der Waals surface area contributed by atoms with Crippen LogP contribution in [0.3, 0.4) is 0 Å². The fourth-order valence-corrected chi connectivity index (χ4v) is 19.5. The van der Waals surface area contributed by atoms with E-state index in [1.807, 2.05) is 22.8 Å². The van der Waals surface area contributed by atoms with Crippen molar-refractivity contribution in [2.24, 2.45) is 0 Å². The van der Waals surface area contributed by atoms with E-state index in [0.717, 1.165) is 54.5 Å². The number of hydrogen-bond donors (Lipinski definition) is 3. The summed E-state index contributed by atoms with van der Waals surface area (Å²) >= 11 is -0.985. The number of piperidine rings is 1. The van der Waals surface area contributed by atoms with Gasteiger partial charge in [-0.3, -0.25) is 0 Å². The number of anilines is 3. The molecule has 8 nitrogen and oxygen atoms in total. The molecule has 4 heterocycles. The summed E-state index contributed by atoms with van der Waals surface area (Å²) in [6.07, 6.45) is 4.00. The Labute approximate surface area is 259 Å². The zero-order chi connectivity index (χ0) is 28.9. The van der Waals surface area contributed by atoms with Crippen LogP contribution in [-0.4, -0.2) is 74.9 Å². The summed E-state index contributed by atoms with van der Waals surface area (Å²) in [6.45, 7) is 7.14. The summed E-state index contributed by atoms with van der Waals surface area (Å²) in [7, 11) is 4.28. The van der Waals surface area contributed by atoms with Gasteiger partial charge in [0.25, 0.3) is 0 Å². The molecule has 6 rings (SSSR count). The molecule has 0 spiro atoms. The van der Waals surface area contributed by atoms with E-state index in [4.69, 9.17) is 10.1 Å². The van der Waals surface area contributed by atoms with E-state index in [-0.39, 0.29) is 11.9 Å². The molecule has 42 heavy (non-hydrogen) atoms. The van der Waals surface area contributed by atoms with E-state index < -0.39 is 12.3 Å². The van der Waals surface area contributed by atoms with Crippen LogP contribution in [0.4, 0.5) is 17.3 Å². The Hall–Kier alpha value is -2.65. The van der Waals surface area contributed by atoms with Crippen LogP contribution in [0.15, 0.2) is 66.9 Å². The van der Waals surface area contributed by atoms with Gasteiger partial charge < -0.3 is 5.32 Å². The van der Waals surface area contributed by atoms with Crippen molar-refractivity contribution in [2.75, 3.05) is 47.1 Å². The average Bonchev–Trinajstić information content (AvgIpc) is 3.68. The normalized spacial score (nSPS) is 18.0. The third-order valence-electron chi connectivity index (χ3n) is 7.52. The third kappa shape index (κ3) is 7.28. The van der Waals surface area contributed by atoms with Crippen LogP contribution in [0, 0.1) is 0 Å². The number of amides is 1. The van der Waals surface area contributed by atoms with E-state index >= 15 is 0 Å². The summed E-state index contributed by atoms with van der Waals surface area (Å²) in [5.74, 6) is 4.64. The van der Waals surface area contributed by atoms with Gasteiger partial charge in [-0.05, 0) is 11.5 Å². The quantitative estimate of drug-likeness (QED) is 0.201. The molecule has 4 aromatic rings. The van der Waals surface area contributed by atoms with Gasteiger partial charge in [-0.25, -0.2) is 4.98 Å². The average molecular weight is 664 g/mol. The fourth-order valence-electron chi connectivity index (χ4n) is 5.39. The smallest absolute Gasteiger partial charge is 0.163 e. The summed E-state index contributed by atoms with van der Waals surface area (Å²) in [5, 5.41) is 15.1. The van der Waals surface area contributed by atoms with Gasteiger partial charge in [0.05, 0.1) is 6.20 Å². The number of rotatable bonds is 10. The minimum atomic E-state index is -0.985. The van der Waals surface area contributed by atoms with Crippen molar-refractivity contribution in [3.8, 4) is 0 Å². The largest absolute Gasteiger partial charge is 0.366 e. The number of nitrogens with zero attached hydrogens (tertiary/aromatic N) is 4. The maximum atomic E-state index is 13.0. The predicted octanol–water partition coefficient (Wildman–Crippen LogP) is 5.16. The molecule has 0 radical (unpaired) electrons. The molecule has 220 valence electrons. The molecule has 2 aromatic heterocycles. The third-order valence-corrected chi connectivity index (χ3v) is 21.3. The van der Waals surface area contributed by atoms with Crippen LogP contribution in [0.5, 0.6) is 0 Å². The monoisotopic (exact) mass is 663 g/mol. The number of nitrogens with one attached hydrogen (secondary N) is 3. The zero-order valence-corrected chi connectivity index (χ0v) is 27.6. The van der Waals surface area contributed by atoms with E-state index in [9.17, 15) is 4.79 Å². The SMILES string of the molecule is CC(C)c1cnn2c(NC3CCCN(CC(=O)Nc4ccc([As]5SCCS5)cc4)C3)cc(NCc3ccccc3)nc12. The molecule has 0 aliphatic carbocycles. The maximum absolute atomic E-state index is 13.0. The molecule has 0 saturated carbocycles. The van der Waals surface area contributed by atoms with Gasteiger partial charge in [0, 0.05) is 18.2 Å². The number of carbonyl (C=O) groups is 1. The van der Waals surface area contributed by atoms with Gasteiger partial charge in [0.2, 0.25) is 0 Å². The van der Waals surface area contributed by atoms with Gasteiger partial charge in [-0.1, -0.05) is 44.2 Å². The number of likely N-dealkylation sites (tertiary alicyclic amines) is 1. The Morgan fingerprint density at radius 3 is 2.64 bits per heavy atom. The van der Waals surface area contributed by atoms with Crippen molar-refractivity contribution in [3.05, 3.63) is 78.0 Å². The molecular formula is C31H38AsN7OS2. The van der Waals surface area contributed by atoms with Crippen LogP contribution in [0.1, 0.15) is 43.7 Å². The number of carbonyl (C=O) groups excluding carboxylic acids is 1. The van der Waals surface area contributed by atoms with Gasteiger partial charge in [-0.15, -0.1) is 0 Å². The van der Waals surface area contributed by atoms with Crippen molar-refractivity contribution in [2.45, 2.75) is 45.2 Å². The number of aromatic nitrogens is 3. The second kappa shape index (κ2) is 13.8. The Bertz CT molecular complexity index is 1490. The first kappa shape index (κ1) is 29.4. The van der Waals surface area contributed by atoms with Gasteiger partial charge in [0.15, 0.2) is 5.65 Å². The first-order valence-electron chi connectivity index (χ1n) is 14.6. The molecule has 0 bridgehead atoms. The minimum Gasteiger partial charge on any atom is -0.366 e. The molecule has 2 aliphatic heterocycles. The first-order chi connectivity index (χ1) is 20.5. The van der Waals surface area contributed by atoms with Crippen LogP contribution in [-0.2, 0) is 11.3 Å². The van der Waals surface area contributed by atoms with Gasteiger partial charge in [-0.2, -0.15) is 9.61 Å². The summed E-state index contributed by atoms with van der Waals surface area (Å²) < 4.78 is 3.39. The van der Waals surface area contributed by atoms with Crippen LogP contribution in [0.2, 0.25) is 0 Å². The van der Waals surface area contributed by atoms with Crippen molar-refractivity contribution in [3.63, 3.8) is 0 Å². The van der Waals surface area contributed by atoms with Crippen molar-refractivity contribution >= 4 is 65.6 Å². The maximum Gasteiger partial charge on any atom is 0.163 e. The fraction of sp³-hybridized carbons (Fsp3) is 0.387. The molecule has 3 N–H and O–H groups in total. The second-order valence-electron chi connectivity index (χ2n) is 11.1. The topological polar surface area (TPSA) is 86.6 Å². The molecule has 2 aliphatic rings. The Balaban J connectivity index is 1.10. The molecule has 2 saturated heterocycles. The van der Waals surface area contributed by atoms with Crippen LogP contribution in [0.25, 0.3) is 5.65 Å². The number of hydrogen-bond acceptors (Lipinski definition) is 8. The van der Waals surface area contributed by atoms with Crippen LogP contribution < -0.4 is 20.3 Å². The van der Waals surface area contributed by atoms with E-state index in [1.165, 1.54) is 21.4 Å². The Morgan fingerprint density at radius 2 is 1.88 bits per heavy atom. The molecule has 2 aromatic carbocycles. The van der Waals surface area contributed by atoms with Crippen molar-refractivity contribution in [1.29, 1.82) is 0 Å². The van der Waals surface area contributed by atoms with Gasteiger partial charge >= 0.3 is 149 Å². The van der Waals surface area contributed by atoms with E-state index in [0.29, 0.717) is 19.0 Å². The zero-order valence-electron chi connectivity index (χ0n) is 24.1. The minimum absolute atomic E-state index is 0.0400.